The highest BCUT2D eigenvalue weighted by molar-refractivity contribution is 7.92. The number of nitrogens with zero attached hydrogens (tertiary/aromatic N) is 3. The van der Waals surface area contributed by atoms with Crippen molar-refractivity contribution in [3.63, 3.8) is 0 Å². The Labute approximate surface area is 175 Å². The van der Waals surface area contributed by atoms with E-state index >= 15 is 0 Å². The zero-order chi connectivity index (χ0) is 22.1. The number of aliphatic hydroxyl groups excluding tert-OH is 1. The Morgan fingerprint density at radius 3 is 2.50 bits per heavy atom. The van der Waals surface area contributed by atoms with Crippen LogP contribution in [0.2, 0.25) is 0 Å². The molecule has 0 bridgehead atoms. The lowest BCUT2D eigenvalue weighted by atomic mass is 10.2. The maximum absolute atomic E-state index is 13.0. The van der Waals surface area contributed by atoms with Gasteiger partial charge in [-0.2, -0.15) is 10.1 Å². The molecule has 2 aromatic heterocycles. The van der Waals surface area contributed by atoms with Crippen molar-refractivity contribution in [1.82, 2.24) is 20.2 Å². The van der Waals surface area contributed by atoms with Crippen LogP contribution >= 0.6 is 0 Å². The van der Waals surface area contributed by atoms with Gasteiger partial charge in [-0.1, -0.05) is 6.07 Å². The number of aromatic nitrogens is 4. The van der Waals surface area contributed by atoms with E-state index in [2.05, 4.69) is 30.8 Å². The number of nitrogens with one attached hydrogen (secondary N) is 3. The number of hydrogen-bond acceptors (Lipinski definition) is 8. The van der Waals surface area contributed by atoms with Crippen LogP contribution in [-0.4, -0.2) is 45.0 Å². The Hall–Kier alpha value is -2.98. The number of sulfone groups is 1. The van der Waals surface area contributed by atoms with E-state index in [0.29, 0.717) is 28.8 Å². The summed E-state index contributed by atoms with van der Waals surface area (Å²) in [5, 5.41) is 22.8. The van der Waals surface area contributed by atoms with Crippen molar-refractivity contribution < 1.29 is 13.5 Å². The molecule has 0 atom stereocenters. The highest BCUT2D eigenvalue weighted by Crippen LogP contribution is 2.30. The Bertz CT molecular complexity index is 1170. The predicted octanol–water partition coefficient (Wildman–Crippen LogP) is 3.16. The van der Waals surface area contributed by atoms with E-state index in [-0.39, 0.29) is 4.90 Å². The smallest absolute Gasteiger partial charge is 0.229 e. The highest BCUT2D eigenvalue weighted by Gasteiger charge is 2.36. The Balaban J connectivity index is 1.88. The molecule has 0 saturated heterocycles. The van der Waals surface area contributed by atoms with Crippen molar-refractivity contribution in [2.45, 2.75) is 44.3 Å². The van der Waals surface area contributed by atoms with E-state index in [1.54, 1.807) is 31.3 Å². The van der Waals surface area contributed by atoms with Crippen LogP contribution in [0.5, 0.6) is 0 Å². The first kappa shape index (κ1) is 21.7. The number of benzene rings is 1. The molecule has 9 nitrogen and oxygen atoms in total. The fourth-order valence-electron chi connectivity index (χ4n) is 2.70. The molecular weight excluding hydrogens is 404 g/mol. The number of anilines is 4. The van der Waals surface area contributed by atoms with Crippen LogP contribution in [0.15, 0.2) is 35.4 Å². The van der Waals surface area contributed by atoms with Gasteiger partial charge in [-0.15, -0.1) is 0 Å². The van der Waals surface area contributed by atoms with Gasteiger partial charge in [0.15, 0.2) is 15.7 Å². The summed E-state index contributed by atoms with van der Waals surface area (Å²) in [6.07, 6.45) is 1.59. The number of H-pyrrole nitrogens is 1. The van der Waals surface area contributed by atoms with Gasteiger partial charge in [-0.05, 0) is 58.4 Å². The summed E-state index contributed by atoms with van der Waals surface area (Å²) in [6, 6.07) is 6.71. The van der Waals surface area contributed by atoms with Crippen molar-refractivity contribution >= 4 is 33.1 Å². The van der Waals surface area contributed by atoms with Gasteiger partial charge >= 0.3 is 0 Å². The van der Waals surface area contributed by atoms with E-state index in [9.17, 15) is 13.5 Å². The van der Waals surface area contributed by atoms with Crippen molar-refractivity contribution in [1.29, 1.82) is 0 Å². The Morgan fingerprint density at radius 1 is 1.13 bits per heavy atom. The molecule has 3 aromatic rings. The van der Waals surface area contributed by atoms with Crippen molar-refractivity contribution in [2.24, 2.45) is 0 Å². The van der Waals surface area contributed by atoms with Crippen LogP contribution in [0, 0.1) is 20.8 Å². The van der Waals surface area contributed by atoms with E-state index in [4.69, 9.17) is 0 Å². The molecule has 0 saturated carbocycles. The number of aliphatic hydroxyl groups is 1. The first-order chi connectivity index (χ1) is 14.0. The molecule has 4 N–H and O–H groups in total. The molecule has 2 heterocycles. The molecule has 0 spiro atoms. The third kappa shape index (κ3) is 4.14. The zero-order valence-electron chi connectivity index (χ0n) is 17.6. The fraction of sp³-hybridized carbons (Fsp3) is 0.350. The van der Waals surface area contributed by atoms with Gasteiger partial charge in [0.05, 0.1) is 16.2 Å². The quantitative estimate of drug-likeness (QED) is 0.449. The standard InChI is InChI=1S/C20H26N6O3S/c1-12-6-7-15(10-16(12)30(28,29)20(4,5)11-27)22-19-21-9-8-17(24-19)23-18-13(2)14(3)25-26-18/h6-10,27H,11H2,1-5H3,(H3,21,22,23,24,25,26). The van der Waals surface area contributed by atoms with Crippen LogP contribution < -0.4 is 10.6 Å². The monoisotopic (exact) mass is 430 g/mol. The first-order valence-corrected chi connectivity index (χ1v) is 10.9. The maximum atomic E-state index is 13.0. The van der Waals surface area contributed by atoms with Gasteiger partial charge in [0.25, 0.3) is 0 Å². The maximum Gasteiger partial charge on any atom is 0.229 e. The topological polar surface area (TPSA) is 133 Å². The lowest BCUT2D eigenvalue weighted by molar-refractivity contribution is 0.258. The average molecular weight is 431 g/mol. The first-order valence-electron chi connectivity index (χ1n) is 9.40. The lowest BCUT2D eigenvalue weighted by Crippen LogP contribution is -2.36. The molecule has 0 aliphatic heterocycles. The Kier molecular flexibility index (Phi) is 5.82. The van der Waals surface area contributed by atoms with Gasteiger partial charge < -0.3 is 15.7 Å². The fourth-order valence-corrected chi connectivity index (χ4v) is 4.24. The number of hydrogen-bond donors (Lipinski definition) is 4. The zero-order valence-corrected chi connectivity index (χ0v) is 18.4. The van der Waals surface area contributed by atoms with Crippen LogP contribution in [0.1, 0.15) is 30.7 Å². The highest BCUT2D eigenvalue weighted by atomic mass is 32.2. The third-order valence-corrected chi connectivity index (χ3v) is 7.60. The SMILES string of the molecule is Cc1ccc(Nc2nccc(Nc3n[nH]c(C)c3C)n2)cc1S(=O)(=O)C(C)(C)CO. The minimum Gasteiger partial charge on any atom is -0.395 e. The second kappa shape index (κ2) is 8.04. The van der Waals surface area contributed by atoms with E-state index in [1.807, 2.05) is 13.8 Å². The second-order valence-corrected chi connectivity index (χ2v) is 10.3. The third-order valence-electron chi connectivity index (χ3n) is 5.00. The van der Waals surface area contributed by atoms with Gasteiger partial charge in [-0.3, -0.25) is 5.10 Å². The molecule has 30 heavy (non-hydrogen) atoms. The summed E-state index contributed by atoms with van der Waals surface area (Å²) in [5.41, 5.74) is 3.08. The summed E-state index contributed by atoms with van der Waals surface area (Å²) >= 11 is 0. The van der Waals surface area contributed by atoms with Crippen molar-refractivity contribution in [2.75, 3.05) is 17.2 Å². The van der Waals surface area contributed by atoms with E-state index < -0.39 is 21.2 Å². The Morgan fingerprint density at radius 2 is 1.87 bits per heavy atom. The number of aryl methyl sites for hydroxylation is 2. The molecule has 1 aromatic carbocycles. The van der Waals surface area contributed by atoms with Crippen LogP contribution in [0.3, 0.4) is 0 Å². The summed E-state index contributed by atoms with van der Waals surface area (Å²) < 4.78 is 24.6. The molecule has 0 aliphatic rings. The van der Waals surface area contributed by atoms with Crippen LogP contribution in [-0.2, 0) is 9.84 Å². The van der Waals surface area contributed by atoms with E-state index in [1.165, 1.54) is 19.9 Å². The molecule has 160 valence electrons. The summed E-state index contributed by atoms with van der Waals surface area (Å²) in [7, 11) is -3.74. The second-order valence-electron chi connectivity index (χ2n) is 7.74. The predicted molar refractivity (Wildman–Crippen MR) is 116 cm³/mol. The molecular formula is C20H26N6O3S. The minimum absolute atomic E-state index is 0.156. The van der Waals surface area contributed by atoms with Crippen LogP contribution in [0.4, 0.5) is 23.3 Å². The summed E-state index contributed by atoms with van der Waals surface area (Å²) in [6.45, 7) is 8.12. The largest absolute Gasteiger partial charge is 0.395 e. The van der Waals surface area contributed by atoms with Crippen molar-refractivity contribution in [3.8, 4) is 0 Å². The minimum atomic E-state index is -3.74. The summed E-state index contributed by atoms with van der Waals surface area (Å²) in [4.78, 5) is 8.78. The molecule has 0 radical (unpaired) electrons. The average Bonchev–Trinajstić information content (AvgIpc) is 3.01. The van der Waals surface area contributed by atoms with Gasteiger partial charge in [0.1, 0.15) is 5.82 Å². The van der Waals surface area contributed by atoms with Crippen LogP contribution in [0.25, 0.3) is 0 Å². The van der Waals surface area contributed by atoms with Gasteiger partial charge in [0.2, 0.25) is 5.95 Å². The molecule has 3 rings (SSSR count). The lowest BCUT2D eigenvalue weighted by Gasteiger charge is -2.23. The van der Waals surface area contributed by atoms with Gasteiger partial charge in [0, 0.05) is 23.1 Å². The normalized spacial score (nSPS) is 12.1. The molecule has 0 unspecified atom stereocenters. The van der Waals surface area contributed by atoms with Crippen molar-refractivity contribution in [3.05, 3.63) is 47.3 Å². The van der Waals surface area contributed by atoms with Gasteiger partial charge in [-0.25, -0.2) is 13.4 Å². The molecule has 0 fully saturated rings. The molecule has 0 amide bonds. The molecule has 0 aliphatic carbocycles. The molecule has 10 heteroatoms. The number of rotatable bonds is 7. The van der Waals surface area contributed by atoms with E-state index in [0.717, 1.165) is 11.3 Å². The summed E-state index contributed by atoms with van der Waals surface area (Å²) in [5.74, 6) is 1.52. The number of aromatic amines is 1.